The SMILES string of the molecule is Cc1ccc2c(c1)c1cc(C3CC4CC3c3nc5c6ccc(C7CC8CC7c7nc9c%10ccccc%10c%10cc(C)cc(C)c%10n9c78)cc6c6cc(C(C)(C)C)ccc6n5c34)ccc1c1nc3c(n21)C1CCC3C1. The summed E-state index contributed by atoms with van der Waals surface area (Å²) in [6.07, 6.45) is 8.56. The van der Waals surface area contributed by atoms with Gasteiger partial charge in [0.15, 0.2) is 0 Å². The van der Waals surface area contributed by atoms with E-state index in [1.807, 2.05) is 0 Å². The Hall–Kier alpha value is -7.05. The van der Waals surface area contributed by atoms with E-state index in [1.54, 1.807) is 0 Å². The van der Waals surface area contributed by atoms with Crippen molar-refractivity contribution in [2.45, 2.75) is 139 Å². The Morgan fingerprint density at radius 1 is 0.411 bits per heavy atom. The molecule has 0 radical (unpaired) electrons. The number of hydrogen-bond donors (Lipinski definition) is 0. The van der Waals surface area contributed by atoms with Crippen LogP contribution in [0.1, 0.15) is 181 Å². The van der Waals surface area contributed by atoms with Gasteiger partial charge in [-0.1, -0.05) is 111 Å². The van der Waals surface area contributed by atoms with E-state index < -0.39 is 0 Å². The highest BCUT2D eigenvalue weighted by atomic mass is 15.1. The van der Waals surface area contributed by atoms with Crippen molar-refractivity contribution in [2.75, 3.05) is 0 Å². The lowest BCUT2D eigenvalue weighted by molar-refractivity contribution is 0.590. The van der Waals surface area contributed by atoms with Crippen molar-refractivity contribution in [3.8, 4) is 0 Å². The quantitative estimate of drug-likeness (QED) is 0.162. The molecule has 0 amide bonds. The summed E-state index contributed by atoms with van der Waals surface area (Å²) in [5.74, 6) is 3.90. The molecule has 3 saturated carbocycles. The first-order valence-corrected chi connectivity index (χ1v) is 27.7. The van der Waals surface area contributed by atoms with Crippen LogP contribution in [-0.4, -0.2) is 28.2 Å². The molecule has 8 atom stereocenters. The average molecular weight is 947 g/mol. The maximum Gasteiger partial charge on any atom is 0.145 e. The number of rotatable bonds is 2. The number of nitrogens with zero attached hydrogens (tertiary/aromatic N) is 6. The Bertz CT molecular complexity index is 4570. The summed E-state index contributed by atoms with van der Waals surface area (Å²) in [6.45, 7) is 13.8. The second-order valence-corrected chi connectivity index (χ2v) is 25.2. The molecule has 0 spiro atoms. The molecule has 6 heterocycles. The minimum Gasteiger partial charge on any atom is -0.296 e. The highest BCUT2D eigenvalue weighted by molar-refractivity contribution is 6.15. The van der Waals surface area contributed by atoms with Gasteiger partial charge in [0.1, 0.15) is 16.9 Å². The Balaban J connectivity index is 0.777. The van der Waals surface area contributed by atoms with Gasteiger partial charge >= 0.3 is 0 Å². The van der Waals surface area contributed by atoms with Gasteiger partial charge in [0, 0.05) is 84.9 Å². The van der Waals surface area contributed by atoms with E-state index >= 15 is 0 Å². The van der Waals surface area contributed by atoms with Gasteiger partial charge < -0.3 is 0 Å². The first-order valence-electron chi connectivity index (χ1n) is 27.7. The fraction of sp³-hybridized carbons (Fsp3) is 0.328. The first kappa shape index (κ1) is 40.4. The minimum absolute atomic E-state index is 0.0265. The van der Waals surface area contributed by atoms with Crippen LogP contribution in [0.4, 0.5) is 0 Å². The second kappa shape index (κ2) is 13.4. The standard InChI is InChI=1S/C67H58N6/c1-32-11-19-55-50(22-32)48-25-35(14-17-44(48)64-68-57-37-12-13-38(24-37)61(57)71(55)64)46-27-39-29-52(46)58-62(39)72-56-20-16-41(67(4,5)6)31-51(56)49-26-36(15-18-45(49)65(72)69-58)47-28-40-30-53(47)59-63(40)73-60-34(3)21-33(2)23-54(60)42-9-7-8-10-43(42)66(73)70-59/h7-11,14-23,25-26,31,37-40,46-47,52-53H,12-13,24,27-30H2,1-6H3. The lowest BCUT2D eigenvalue weighted by atomic mass is 9.82. The Kier molecular flexibility index (Phi) is 7.41. The van der Waals surface area contributed by atoms with Gasteiger partial charge in [0.2, 0.25) is 0 Å². The van der Waals surface area contributed by atoms with Gasteiger partial charge in [-0.3, -0.25) is 13.2 Å². The topological polar surface area (TPSA) is 51.9 Å². The van der Waals surface area contributed by atoms with Crippen LogP contribution in [0, 0.1) is 20.8 Å². The van der Waals surface area contributed by atoms with Crippen LogP contribution in [0.25, 0.3) is 82.0 Å². The molecule has 0 aliphatic heterocycles. The van der Waals surface area contributed by atoms with Crippen LogP contribution in [0.3, 0.4) is 0 Å². The highest BCUT2D eigenvalue weighted by Crippen LogP contribution is 2.63. The van der Waals surface area contributed by atoms with Crippen molar-refractivity contribution in [2.24, 2.45) is 0 Å². The number of pyridine rings is 3. The number of hydrogen-bond acceptors (Lipinski definition) is 3. The third-order valence-electron chi connectivity index (χ3n) is 20.3. The van der Waals surface area contributed by atoms with Crippen molar-refractivity contribution >= 4 is 82.0 Å². The molecule has 6 aliphatic rings. The van der Waals surface area contributed by atoms with Crippen molar-refractivity contribution in [1.82, 2.24) is 28.2 Å². The maximum absolute atomic E-state index is 5.83. The lowest BCUT2D eigenvalue weighted by Gasteiger charge is -2.24. The van der Waals surface area contributed by atoms with Crippen LogP contribution in [-0.2, 0) is 5.41 Å². The fourth-order valence-corrected chi connectivity index (χ4v) is 17.2. The summed E-state index contributed by atoms with van der Waals surface area (Å²) in [5, 5.41) is 11.9. The summed E-state index contributed by atoms with van der Waals surface area (Å²) >= 11 is 0. The molecule has 6 aromatic carbocycles. The first-order chi connectivity index (χ1) is 35.5. The normalized spacial score (nSPS) is 24.7. The zero-order chi connectivity index (χ0) is 48.2. The van der Waals surface area contributed by atoms with Crippen LogP contribution >= 0.6 is 0 Å². The van der Waals surface area contributed by atoms with E-state index in [4.69, 9.17) is 15.0 Å². The predicted octanol–water partition coefficient (Wildman–Crippen LogP) is 16.7. The summed E-state index contributed by atoms with van der Waals surface area (Å²) in [6, 6.07) is 43.2. The van der Waals surface area contributed by atoms with Crippen LogP contribution in [0.5, 0.6) is 0 Å². The number of imidazole rings is 3. The predicted molar refractivity (Wildman–Crippen MR) is 298 cm³/mol. The molecule has 6 bridgehead atoms. The molecule has 0 saturated heterocycles. The van der Waals surface area contributed by atoms with E-state index in [0.717, 1.165) is 24.1 Å². The lowest BCUT2D eigenvalue weighted by Crippen LogP contribution is -2.12. The third-order valence-corrected chi connectivity index (χ3v) is 20.3. The molecule has 18 rings (SSSR count). The zero-order valence-electron chi connectivity index (χ0n) is 42.6. The zero-order valence-corrected chi connectivity index (χ0v) is 42.6. The van der Waals surface area contributed by atoms with E-state index in [9.17, 15) is 0 Å². The number of aromatic nitrogens is 6. The third kappa shape index (κ3) is 5.00. The molecule has 0 N–H and O–H groups in total. The molecule has 6 heteroatoms. The smallest absolute Gasteiger partial charge is 0.145 e. The van der Waals surface area contributed by atoms with Crippen molar-refractivity contribution in [3.63, 3.8) is 0 Å². The van der Waals surface area contributed by atoms with Gasteiger partial charge in [-0.05, 0) is 152 Å². The largest absolute Gasteiger partial charge is 0.296 e. The van der Waals surface area contributed by atoms with Crippen molar-refractivity contribution in [3.05, 3.63) is 177 Å². The van der Waals surface area contributed by atoms with E-state index in [-0.39, 0.29) is 5.41 Å². The van der Waals surface area contributed by atoms with Gasteiger partial charge in [0.05, 0.1) is 33.6 Å². The van der Waals surface area contributed by atoms with Crippen LogP contribution < -0.4 is 0 Å². The second-order valence-electron chi connectivity index (χ2n) is 25.2. The average Bonchev–Trinajstić information content (AvgIpc) is 4.26. The molecule has 6 nitrogen and oxygen atoms in total. The Morgan fingerprint density at radius 2 is 0.945 bits per heavy atom. The van der Waals surface area contributed by atoms with Gasteiger partial charge in [-0.15, -0.1) is 0 Å². The highest BCUT2D eigenvalue weighted by Gasteiger charge is 2.50. The monoisotopic (exact) mass is 946 g/mol. The van der Waals surface area contributed by atoms with Gasteiger partial charge in [0.25, 0.3) is 0 Å². The molecular weight excluding hydrogens is 889 g/mol. The minimum atomic E-state index is 0.0265. The number of fused-ring (bicyclic) bond motifs is 36. The van der Waals surface area contributed by atoms with E-state index in [1.165, 1.54) is 170 Å². The van der Waals surface area contributed by atoms with Crippen molar-refractivity contribution in [1.29, 1.82) is 0 Å². The molecule has 3 fully saturated rings. The molecule has 6 aliphatic carbocycles. The fourth-order valence-electron chi connectivity index (χ4n) is 17.2. The Morgan fingerprint density at radius 3 is 1.62 bits per heavy atom. The molecule has 356 valence electrons. The van der Waals surface area contributed by atoms with E-state index in [2.05, 4.69) is 164 Å². The number of benzene rings is 6. The summed E-state index contributed by atoms with van der Waals surface area (Å²) < 4.78 is 7.78. The van der Waals surface area contributed by atoms with Gasteiger partial charge in [-0.25, -0.2) is 15.0 Å². The maximum atomic E-state index is 5.83. The Labute approximate surface area is 424 Å². The summed E-state index contributed by atoms with van der Waals surface area (Å²) in [4.78, 5) is 17.0. The molecule has 6 aromatic heterocycles. The number of aryl methyl sites for hydroxylation is 3. The molecule has 12 aromatic rings. The van der Waals surface area contributed by atoms with Gasteiger partial charge in [-0.2, -0.15) is 0 Å². The van der Waals surface area contributed by atoms with Crippen molar-refractivity contribution < 1.29 is 0 Å². The summed E-state index contributed by atoms with van der Waals surface area (Å²) in [7, 11) is 0. The van der Waals surface area contributed by atoms with Crippen LogP contribution in [0.15, 0.2) is 109 Å². The molecule has 73 heavy (non-hydrogen) atoms. The summed E-state index contributed by atoms with van der Waals surface area (Å²) in [5.41, 5.74) is 24.2. The van der Waals surface area contributed by atoms with E-state index in [0.29, 0.717) is 47.3 Å². The molecular formula is C67H58N6. The van der Waals surface area contributed by atoms with Crippen LogP contribution in [0.2, 0.25) is 0 Å². The molecule has 8 unspecified atom stereocenters.